The number of hydrogen-bond donors (Lipinski definition) is 2. The van der Waals surface area contributed by atoms with E-state index in [9.17, 15) is 14.9 Å². The number of benzene rings is 1. The first kappa shape index (κ1) is 19.7. The van der Waals surface area contributed by atoms with Crippen LogP contribution in [0.3, 0.4) is 0 Å². The Bertz CT molecular complexity index is 522. The van der Waals surface area contributed by atoms with Gasteiger partial charge in [0.2, 0.25) is 0 Å². The van der Waals surface area contributed by atoms with Gasteiger partial charge in [0, 0.05) is 0 Å². The van der Waals surface area contributed by atoms with Crippen molar-refractivity contribution in [2.24, 2.45) is 0 Å². The van der Waals surface area contributed by atoms with Crippen molar-refractivity contribution in [3.8, 4) is 0 Å². The Balaban J connectivity index is 2.94. The molecule has 23 heavy (non-hydrogen) atoms. The average Bonchev–Trinajstić information content (AvgIpc) is 2.45. The summed E-state index contributed by atoms with van der Waals surface area (Å²) >= 11 is 0. The highest BCUT2D eigenvalue weighted by Crippen LogP contribution is 2.25. The summed E-state index contributed by atoms with van der Waals surface area (Å²) in [5, 5.41) is 20.5. The van der Waals surface area contributed by atoms with Gasteiger partial charge < -0.3 is 19.5 Å². The lowest BCUT2D eigenvalue weighted by molar-refractivity contribution is -0.0982. The highest BCUT2D eigenvalue weighted by Gasteiger charge is 2.40. The highest BCUT2D eigenvalue weighted by molar-refractivity contribution is 6.61. The predicted molar refractivity (Wildman–Crippen MR) is 90.7 cm³/mol. The largest absolute Gasteiger partial charge is 0.492 e. The van der Waals surface area contributed by atoms with Gasteiger partial charge in [0.25, 0.3) is 0 Å². The number of aliphatic hydroxyl groups is 1. The zero-order valence-corrected chi connectivity index (χ0v) is 14.6. The van der Waals surface area contributed by atoms with Crippen LogP contribution in [0, 0.1) is 0 Å². The van der Waals surface area contributed by atoms with Gasteiger partial charge in [-0.25, -0.2) is 4.79 Å². The standard InChI is InChI=1S/C17H27BO5/c1-6-7-12-22-15(19)13-10-8-9-11-14(13)18(21)23-17(4,5)16(2,3)20/h8-11,20-21H,6-7,12H2,1-5H3. The van der Waals surface area contributed by atoms with Crippen molar-refractivity contribution in [2.45, 2.75) is 58.7 Å². The molecule has 0 spiro atoms. The summed E-state index contributed by atoms with van der Waals surface area (Å²) in [5.41, 5.74) is -1.58. The second kappa shape index (κ2) is 7.95. The third-order valence-corrected chi connectivity index (χ3v) is 4.06. The fraction of sp³-hybridized carbons (Fsp3) is 0.588. The molecule has 0 bridgehead atoms. The minimum absolute atomic E-state index is 0.266. The summed E-state index contributed by atoms with van der Waals surface area (Å²) in [6.45, 7) is 8.92. The maximum absolute atomic E-state index is 12.2. The molecule has 2 N–H and O–H groups in total. The van der Waals surface area contributed by atoms with Crippen LogP contribution in [0.25, 0.3) is 0 Å². The van der Waals surface area contributed by atoms with Crippen molar-refractivity contribution < 1.29 is 24.3 Å². The molecule has 0 saturated carbocycles. The molecule has 0 amide bonds. The van der Waals surface area contributed by atoms with Gasteiger partial charge in [-0.05, 0) is 45.6 Å². The van der Waals surface area contributed by atoms with E-state index in [1.807, 2.05) is 6.92 Å². The smallest absolute Gasteiger partial charge is 0.462 e. The molecule has 5 nitrogen and oxygen atoms in total. The third kappa shape index (κ3) is 5.34. The van der Waals surface area contributed by atoms with Gasteiger partial charge in [0.05, 0.1) is 23.4 Å². The number of hydrogen-bond acceptors (Lipinski definition) is 5. The van der Waals surface area contributed by atoms with E-state index in [0.717, 1.165) is 12.8 Å². The van der Waals surface area contributed by atoms with Crippen molar-refractivity contribution in [1.29, 1.82) is 0 Å². The van der Waals surface area contributed by atoms with E-state index in [4.69, 9.17) is 9.39 Å². The van der Waals surface area contributed by atoms with Crippen LogP contribution in [0.15, 0.2) is 24.3 Å². The minimum Gasteiger partial charge on any atom is -0.462 e. The predicted octanol–water partition coefficient (Wildman–Crippen LogP) is 1.90. The van der Waals surface area contributed by atoms with E-state index in [2.05, 4.69) is 0 Å². The SMILES string of the molecule is CCCCOC(=O)c1ccccc1B(O)OC(C)(C)C(C)(C)O. The average molecular weight is 322 g/mol. The van der Waals surface area contributed by atoms with E-state index < -0.39 is 24.3 Å². The van der Waals surface area contributed by atoms with Crippen molar-refractivity contribution in [3.05, 3.63) is 29.8 Å². The normalized spacial score (nSPS) is 12.1. The molecule has 1 rings (SSSR count). The highest BCUT2D eigenvalue weighted by atomic mass is 16.6. The fourth-order valence-electron chi connectivity index (χ4n) is 1.77. The first-order valence-electron chi connectivity index (χ1n) is 7.94. The zero-order chi connectivity index (χ0) is 17.7. The second-order valence-corrected chi connectivity index (χ2v) is 6.62. The quantitative estimate of drug-likeness (QED) is 0.434. The summed E-state index contributed by atoms with van der Waals surface area (Å²) < 4.78 is 10.8. The molecule has 0 aliphatic rings. The molecule has 1 aromatic rings. The molecular formula is C17H27BO5. The Morgan fingerprint density at radius 2 is 1.83 bits per heavy atom. The lowest BCUT2D eigenvalue weighted by Crippen LogP contribution is -2.53. The molecule has 0 aliphatic carbocycles. The molecule has 0 aliphatic heterocycles. The van der Waals surface area contributed by atoms with Crippen molar-refractivity contribution in [2.75, 3.05) is 6.61 Å². The van der Waals surface area contributed by atoms with Gasteiger partial charge in [-0.1, -0.05) is 31.5 Å². The van der Waals surface area contributed by atoms with Crippen LogP contribution in [0.4, 0.5) is 0 Å². The van der Waals surface area contributed by atoms with Crippen LogP contribution in [0.1, 0.15) is 57.8 Å². The maximum Gasteiger partial charge on any atom is 0.492 e. The van der Waals surface area contributed by atoms with E-state index in [1.54, 1.807) is 52.0 Å². The lowest BCUT2D eigenvalue weighted by atomic mass is 9.74. The van der Waals surface area contributed by atoms with E-state index >= 15 is 0 Å². The Labute approximate surface area is 138 Å². The van der Waals surface area contributed by atoms with Crippen molar-refractivity contribution >= 4 is 18.6 Å². The molecule has 6 heteroatoms. The first-order chi connectivity index (χ1) is 10.6. The molecule has 0 unspecified atom stereocenters. The number of unbranched alkanes of at least 4 members (excludes halogenated alkanes) is 1. The number of esters is 1. The number of rotatable bonds is 8. The van der Waals surface area contributed by atoms with Crippen LogP contribution in [-0.4, -0.2) is 41.0 Å². The van der Waals surface area contributed by atoms with Gasteiger partial charge in [-0.15, -0.1) is 0 Å². The third-order valence-electron chi connectivity index (χ3n) is 4.06. The van der Waals surface area contributed by atoms with Gasteiger partial charge in [-0.2, -0.15) is 0 Å². The van der Waals surface area contributed by atoms with Crippen LogP contribution in [-0.2, 0) is 9.39 Å². The van der Waals surface area contributed by atoms with Crippen molar-refractivity contribution in [1.82, 2.24) is 0 Å². The number of carbonyl (C=O) groups excluding carboxylic acids is 1. The van der Waals surface area contributed by atoms with Crippen LogP contribution >= 0.6 is 0 Å². The summed E-state index contributed by atoms with van der Waals surface area (Å²) in [6, 6.07) is 6.62. The molecule has 0 radical (unpaired) electrons. The zero-order valence-electron chi connectivity index (χ0n) is 14.6. The summed E-state index contributed by atoms with van der Waals surface area (Å²) in [7, 11) is -1.34. The summed E-state index contributed by atoms with van der Waals surface area (Å²) in [5.74, 6) is -0.488. The second-order valence-electron chi connectivity index (χ2n) is 6.62. The minimum atomic E-state index is -1.34. The van der Waals surface area contributed by atoms with Crippen LogP contribution in [0.2, 0.25) is 0 Å². The Kier molecular flexibility index (Phi) is 6.80. The number of carbonyl (C=O) groups is 1. The topological polar surface area (TPSA) is 76.0 Å². The molecule has 128 valence electrons. The van der Waals surface area contributed by atoms with Gasteiger partial charge in [0.15, 0.2) is 0 Å². The monoisotopic (exact) mass is 322 g/mol. The van der Waals surface area contributed by atoms with Gasteiger partial charge >= 0.3 is 13.1 Å². The molecule has 0 heterocycles. The van der Waals surface area contributed by atoms with Gasteiger partial charge in [0.1, 0.15) is 0 Å². The van der Waals surface area contributed by atoms with E-state index in [-0.39, 0.29) is 5.56 Å². The first-order valence-corrected chi connectivity index (χ1v) is 7.94. The summed E-state index contributed by atoms with van der Waals surface area (Å²) in [6.07, 6.45) is 1.72. The van der Waals surface area contributed by atoms with Crippen LogP contribution < -0.4 is 5.46 Å². The molecule has 0 aromatic heterocycles. The van der Waals surface area contributed by atoms with E-state index in [1.165, 1.54) is 0 Å². The molecular weight excluding hydrogens is 295 g/mol. The van der Waals surface area contributed by atoms with E-state index in [0.29, 0.717) is 12.1 Å². The van der Waals surface area contributed by atoms with Crippen LogP contribution in [0.5, 0.6) is 0 Å². The number of ether oxygens (including phenoxy) is 1. The lowest BCUT2D eigenvalue weighted by Gasteiger charge is -2.38. The molecule has 1 aromatic carbocycles. The van der Waals surface area contributed by atoms with Gasteiger partial charge in [-0.3, -0.25) is 0 Å². The molecule has 0 atom stereocenters. The summed E-state index contributed by atoms with van der Waals surface area (Å²) in [4.78, 5) is 12.2. The molecule has 0 fully saturated rings. The fourth-order valence-corrected chi connectivity index (χ4v) is 1.77. The molecule has 0 saturated heterocycles. The Hall–Kier alpha value is -1.37. The van der Waals surface area contributed by atoms with Crippen molar-refractivity contribution in [3.63, 3.8) is 0 Å². The Morgan fingerprint density at radius 1 is 1.22 bits per heavy atom. The maximum atomic E-state index is 12.2. The Morgan fingerprint density at radius 3 is 2.39 bits per heavy atom.